The molecule has 22 heavy (non-hydrogen) atoms. The Morgan fingerprint density at radius 1 is 1.18 bits per heavy atom. The summed E-state index contributed by atoms with van der Waals surface area (Å²) >= 11 is 0. The van der Waals surface area contributed by atoms with Gasteiger partial charge in [-0.2, -0.15) is 0 Å². The van der Waals surface area contributed by atoms with Crippen molar-refractivity contribution in [2.75, 3.05) is 26.9 Å². The van der Waals surface area contributed by atoms with Crippen LogP contribution in [0.5, 0.6) is 5.75 Å². The summed E-state index contributed by atoms with van der Waals surface area (Å²) in [5, 5.41) is 29.4. The number of methoxy groups -OCH3 is 1. The minimum atomic E-state index is -0.930. The Hall–Kier alpha value is -1.18. The summed E-state index contributed by atoms with van der Waals surface area (Å²) in [4.78, 5) is 1.92. The zero-order valence-corrected chi connectivity index (χ0v) is 13.1. The normalized spacial score (nSPS) is 29.0. The smallest absolute Gasteiger partial charge is 0.119 e. The average Bonchev–Trinajstić information content (AvgIpc) is 2.72. The molecule has 1 aliphatic heterocycles. The van der Waals surface area contributed by atoms with Gasteiger partial charge in [-0.1, -0.05) is 12.1 Å². The summed E-state index contributed by atoms with van der Waals surface area (Å²) in [7, 11) is 1.63. The lowest BCUT2D eigenvalue weighted by molar-refractivity contribution is 0.0186. The molecule has 1 fully saturated rings. The van der Waals surface area contributed by atoms with Gasteiger partial charge in [0.05, 0.1) is 31.5 Å². The van der Waals surface area contributed by atoms with Crippen molar-refractivity contribution in [2.45, 2.75) is 37.8 Å². The maximum Gasteiger partial charge on any atom is 0.119 e. The summed E-state index contributed by atoms with van der Waals surface area (Å²) in [6.07, 6.45) is -1.78. The van der Waals surface area contributed by atoms with Crippen LogP contribution in [0.3, 0.4) is 0 Å². The van der Waals surface area contributed by atoms with Crippen molar-refractivity contribution < 1.29 is 24.8 Å². The van der Waals surface area contributed by atoms with Crippen LogP contribution in [0.25, 0.3) is 0 Å². The zero-order valence-electron chi connectivity index (χ0n) is 13.1. The largest absolute Gasteiger partial charge is 0.491 e. The van der Waals surface area contributed by atoms with Crippen molar-refractivity contribution in [1.29, 1.82) is 0 Å². The highest BCUT2D eigenvalue weighted by Gasteiger charge is 2.44. The first-order valence-corrected chi connectivity index (χ1v) is 7.52. The monoisotopic (exact) mass is 311 g/mol. The summed E-state index contributed by atoms with van der Waals surface area (Å²) in [5.74, 6) is 0.753. The van der Waals surface area contributed by atoms with E-state index in [0.29, 0.717) is 19.8 Å². The van der Waals surface area contributed by atoms with Crippen LogP contribution in [0, 0.1) is 0 Å². The molecule has 0 radical (unpaired) electrons. The number of aliphatic hydroxyl groups excluding tert-OH is 3. The molecule has 1 aromatic carbocycles. The van der Waals surface area contributed by atoms with Gasteiger partial charge in [-0.15, -0.1) is 0 Å². The van der Waals surface area contributed by atoms with E-state index in [1.807, 2.05) is 36.1 Å². The second-order valence-electron chi connectivity index (χ2n) is 5.63. The fraction of sp³-hybridized carbons (Fsp3) is 0.625. The molecule has 2 rings (SSSR count). The third kappa shape index (κ3) is 3.77. The number of ether oxygens (including phenoxy) is 2. The molecule has 0 bridgehead atoms. The topological polar surface area (TPSA) is 82.4 Å². The lowest BCUT2D eigenvalue weighted by Crippen LogP contribution is -2.40. The summed E-state index contributed by atoms with van der Waals surface area (Å²) in [6, 6.07) is 6.99. The van der Waals surface area contributed by atoms with Crippen LogP contribution < -0.4 is 4.74 Å². The van der Waals surface area contributed by atoms with Crippen LogP contribution >= 0.6 is 0 Å². The fourth-order valence-corrected chi connectivity index (χ4v) is 2.87. The number of benzene rings is 1. The van der Waals surface area contributed by atoms with Crippen LogP contribution in [0.4, 0.5) is 0 Å². The standard InChI is InChI=1S/C16H25NO5/c1-11-15(19)16(20)14(10-18)17(11)9-12-4-3-5-13(8-12)22-7-6-21-2/h3-5,8,11,14-16,18-20H,6-7,9-10H2,1-2H3/t11-,14+,15-,16+/m0/s1. The molecule has 1 aromatic rings. The molecule has 0 saturated carbocycles. The molecule has 4 atom stereocenters. The van der Waals surface area contributed by atoms with Crippen molar-refractivity contribution in [3.63, 3.8) is 0 Å². The molecule has 0 unspecified atom stereocenters. The second-order valence-corrected chi connectivity index (χ2v) is 5.63. The first kappa shape index (κ1) is 17.2. The Balaban J connectivity index is 2.04. The van der Waals surface area contributed by atoms with Crippen molar-refractivity contribution in [3.05, 3.63) is 29.8 Å². The summed E-state index contributed by atoms with van der Waals surface area (Å²) < 4.78 is 10.5. The van der Waals surface area contributed by atoms with E-state index in [2.05, 4.69) is 0 Å². The van der Waals surface area contributed by atoms with E-state index in [-0.39, 0.29) is 12.6 Å². The molecule has 6 heteroatoms. The summed E-state index contributed by atoms with van der Waals surface area (Å²) in [6.45, 7) is 3.20. The van der Waals surface area contributed by atoms with Gasteiger partial charge in [-0.3, -0.25) is 4.90 Å². The van der Waals surface area contributed by atoms with Gasteiger partial charge in [0.1, 0.15) is 12.4 Å². The first-order chi connectivity index (χ1) is 10.6. The van der Waals surface area contributed by atoms with Gasteiger partial charge >= 0.3 is 0 Å². The number of hydrogen-bond acceptors (Lipinski definition) is 6. The van der Waals surface area contributed by atoms with Crippen molar-refractivity contribution in [3.8, 4) is 5.75 Å². The Bertz CT molecular complexity index is 470. The number of hydrogen-bond donors (Lipinski definition) is 3. The van der Waals surface area contributed by atoms with E-state index in [1.165, 1.54) is 0 Å². The highest BCUT2D eigenvalue weighted by Crippen LogP contribution is 2.27. The first-order valence-electron chi connectivity index (χ1n) is 7.52. The van der Waals surface area contributed by atoms with Crippen LogP contribution in [0.2, 0.25) is 0 Å². The lowest BCUT2D eigenvalue weighted by atomic mass is 10.1. The third-order valence-electron chi connectivity index (χ3n) is 4.19. The Labute approximate surface area is 130 Å². The highest BCUT2D eigenvalue weighted by atomic mass is 16.5. The molecule has 3 N–H and O–H groups in total. The third-order valence-corrected chi connectivity index (χ3v) is 4.19. The molecule has 0 aromatic heterocycles. The lowest BCUT2D eigenvalue weighted by Gasteiger charge is -2.27. The van der Waals surface area contributed by atoms with Gasteiger partial charge in [0.25, 0.3) is 0 Å². The molecule has 0 spiro atoms. The van der Waals surface area contributed by atoms with E-state index in [0.717, 1.165) is 11.3 Å². The van der Waals surface area contributed by atoms with E-state index >= 15 is 0 Å². The predicted molar refractivity (Wildman–Crippen MR) is 81.7 cm³/mol. The maximum atomic E-state index is 9.98. The Morgan fingerprint density at radius 2 is 1.95 bits per heavy atom. The molecule has 0 aliphatic carbocycles. The molecule has 1 aliphatic rings. The molecule has 1 heterocycles. The predicted octanol–water partition coefficient (Wildman–Crippen LogP) is -0.00140. The van der Waals surface area contributed by atoms with Crippen molar-refractivity contribution in [1.82, 2.24) is 4.90 Å². The number of nitrogens with zero attached hydrogens (tertiary/aromatic N) is 1. The van der Waals surface area contributed by atoms with Crippen molar-refractivity contribution >= 4 is 0 Å². The fourth-order valence-electron chi connectivity index (χ4n) is 2.87. The highest BCUT2D eigenvalue weighted by molar-refractivity contribution is 5.28. The van der Waals surface area contributed by atoms with E-state index in [4.69, 9.17) is 9.47 Å². The van der Waals surface area contributed by atoms with Gasteiger partial charge in [0, 0.05) is 19.7 Å². The SMILES string of the molecule is COCCOc1cccc(CN2[C@H](CO)[C@@H](O)[C@@H](O)[C@@H]2C)c1. The van der Waals surface area contributed by atoms with Gasteiger partial charge in [-0.05, 0) is 24.6 Å². The number of likely N-dealkylation sites (tertiary alicyclic amines) is 1. The number of rotatable bonds is 7. The molecule has 0 amide bonds. The van der Waals surface area contributed by atoms with Crippen LogP contribution in [0.15, 0.2) is 24.3 Å². The molecule has 1 saturated heterocycles. The van der Waals surface area contributed by atoms with Crippen LogP contribution in [-0.4, -0.2) is 71.4 Å². The average molecular weight is 311 g/mol. The maximum absolute atomic E-state index is 9.98. The minimum absolute atomic E-state index is 0.188. The van der Waals surface area contributed by atoms with E-state index < -0.39 is 18.2 Å². The minimum Gasteiger partial charge on any atom is -0.491 e. The Kier molecular flexibility index (Phi) is 6.16. The second kappa shape index (κ2) is 7.89. The molecule has 124 valence electrons. The van der Waals surface area contributed by atoms with Gasteiger partial charge < -0.3 is 24.8 Å². The van der Waals surface area contributed by atoms with Crippen LogP contribution in [0.1, 0.15) is 12.5 Å². The summed E-state index contributed by atoms with van der Waals surface area (Å²) in [5.41, 5.74) is 1.00. The quantitative estimate of drug-likeness (QED) is 0.615. The van der Waals surface area contributed by atoms with Crippen molar-refractivity contribution in [2.24, 2.45) is 0 Å². The van der Waals surface area contributed by atoms with E-state index in [9.17, 15) is 15.3 Å². The van der Waals surface area contributed by atoms with Gasteiger partial charge in [0.2, 0.25) is 0 Å². The van der Waals surface area contributed by atoms with Crippen LogP contribution in [-0.2, 0) is 11.3 Å². The molecular weight excluding hydrogens is 286 g/mol. The zero-order chi connectivity index (χ0) is 16.1. The van der Waals surface area contributed by atoms with Gasteiger partial charge in [0.15, 0.2) is 0 Å². The molecular formula is C16H25NO5. The molecule has 6 nitrogen and oxygen atoms in total. The van der Waals surface area contributed by atoms with E-state index in [1.54, 1.807) is 7.11 Å². The van der Waals surface area contributed by atoms with Gasteiger partial charge in [-0.25, -0.2) is 0 Å². The number of aliphatic hydroxyl groups is 3. The Morgan fingerprint density at radius 3 is 2.64 bits per heavy atom.